The van der Waals surface area contributed by atoms with Crippen molar-refractivity contribution in [2.75, 3.05) is 31.6 Å². The molecule has 1 saturated heterocycles. The molecule has 1 heterocycles. The smallest absolute Gasteiger partial charge is 0.0396 e. The second-order valence-corrected chi connectivity index (χ2v) is 6.66. The molecule has 0 unspecified atom stereocenters. The van der Waals surface area contributed by atoms with Gasteiger partial charge < -0.3 is 10.2 Å². The minimum Gasteiger partial charge on any atom is -0.374 e. The van der Waals surface area contributed by atoms with Gasteiger partial charge in [0.1, 0.15) is 0 Å². The largest absolute Gasteiger partial charge is 0.374 e. The molecule has 18 heavy (non-hydrogen) atoms. The minimum absolute atomic E-state index is 0.224. The zero-order valence-corrected chi connectivity index (χ0v) is 12.4. The molecule has 0 amide bonds. The van der Waals surface area contributed by atoms with Crippen LogP contribution >= 0.6 is 0 Å². The van der Waals surface area contributed by atoms with Gasteiger partial charge in [0.25, 0.3) is 0 Å². The van der Waals surface area contributed by atoms with Crippen molar-refractivity contribution >= 4 is 5.69 Å². The zero-order chi connectivity index (χ0) is 13.3. The van der Waals surface area contributed by atoms with Crippen LogP contribution in [0.4, 0.5) is 5.69 Å². The number of aryl methyl sites for hydroxylation is 1. The van der Waals surface area contributed by atoms with Gasteiger partial charge in [-0.15, -0.1) is 0 Å². The summed E-state index contributed by atoms with van der Waals surface area (Å²) in [7, 11) is 2.22. The number of hydrogen-bond donors (Lipinski definition) is 1. The van der Waals surface area contributed by atoms with Gasteiger partial charge in [0.2, 0.25) is 0 Å². The van der Waals surface area contributed by atoms with Gasteiger partial charge in [-0.05, 0) is 29.5 Å². The third-order valence-electron chi connectivity index (χ3n) is 3.88. The second kappa shape index (κ2) is 4.93. The lowest BCUT2D eigenvalue weighted by Gasteiger charge is -2.33. The summed E-state index contributed by atoms with van der Waals surface area (Å²) in [5, 5.41) is 3.34. The van der Waals surface area contributed by atoms with Crippen molar-refractivity contribution in [3.63, 3.8) is 0 Å². The van der Waals surface area contributed by atoms with Crippen LogP contribution in [0.15, 0.2) is 18.2 Å². The van der Waals surface area contributed by atoms with Crippen molar-refractivity contribution in [3.05, 3.63) is 29.3 Å². The molecule has 0 atom stereocenters. The first-order chi connectivity index (χ1) is 8.38. The Balaban J connectivity index is 2.19. The van der Waals surface area contributed by atoms with Crippen molar-refractivity contribution in [3.8, 4) is 0 Å². The summed E-state index contributed by atoms with van der Waals surface area (Å²) >= 11 is 0. The molecule has 1 N–H and O–H groups in total. The number of hydrogen-bond acceptors (Lipinski definition) is 2. The van der Waals surface area contributed by atoms with Gasteiger partial charge in [-0.2, -0.15) is 0 Å². The van der Waals surface area contributed by atoms with Gasteiger partial charge in [-0.3, -0.25) is 0 Å². The number of anilines is 1. The van der Waals surface area contributed by atoms with Crippen LogP contribution < -0.4 is 10.2 Å². The maximum Gasteiger partial charge on any atom is 0.0396 e. The molecule has 0 spiro atoms. The fourth-order valence-corrected chi connectivity index (χ4v) is 2.45. The average molecular weight is 246 g/mol. The predicted octanol–water partition coefficient (Wildman–Crippen LogP) is 2.95. The summed E-state index contributed by atoms with van der Waals surface area (Å²) in [6.07, 6.45) is 0. The molecule has 1 aliphatic rings. The van der Waals surface area contributed by atoms with E-state index in [1.807, 2.05) is 0 Å². The molecule has 0 radical (unpaired) electrons. The first-order valence-electron chi connectivity index (χ1n) is 6.91. The average Bonchev–Trinajstić information content (AvgIpc) is 2.22. The van der Waals surface area contributed by atoms with Crippen LogP contribution in [0.1, 0.15) is 31.9 Å². The third-order valence-corrected chi connectivity index (χ3v) is 3.88. The van der Waals surface area contributed by atoms with Crippen LogP contribution in [0.5, 0.6) is 0 Å². The summed E-state index contributed by atoms with van der Waals surface area (Å²) < 4.78 is 0. The fourth-order valence-electron chi connectivity index (χ4n) is 2.45. The van der Waals surface area contributed by atoms with Crippen molar-refractivity contribution in [2.45, 2.75) is 33.1 Å². The summed E-state index contributed by atoms with van der Waals surface area (Å²) in [6, 6.07) is 6.88. The van der Waals surface area contributed by atoms with Gasteiger partial charge in [0.15, 0.2) is 0 Å². The fraction of sp³-hybridized carbons (Fsp3) is 0.625. The summed E-state index contributed by atoms with van der Waals surface area (Å²) in [4.78, 5) is 2.41. The molecule has 100 valence electrons. The molecule has 1 fully saturated rings. The lowest BCUT2D eigenvalue weighted by atomic mass is 9.86. The Kier molecular flexibility index (Phi) is 3.67. The van der Waals surface area contributed by atoms with E-state index < -0.39 is 0 Å². The lowest BCUT2D eigenvalue weighted by molar-refractivity contribution is 0.353. The molecule has 1 aromatic carbocycles. The first kappa shape index (κ1) is 13.4. The van der Waals surface area contributed by atoms with Crippen LogP contribution in [-0.2, 0) is 5.41 Å². The highest BCUT2D eigenvalue weighted by molar-refractivity contribution is 5.55. The summed E-state index contributed by atoms with van der Waals surface area (Å²) in [5.74, 6) is 0.813. The lowest BCUT2D eigenvalue weighted by Crippen LogP contribution is -2.47. The van der Waals surface area contributed by atoms with E-state index in [-0.39, 0.29) is 5.41 Å². The van der Waals surface area contributed by atoms with Crippen molar-refractivity contribution in [1.29, 1.82) is 0 Å². The Labute approximate surface area is 111 Å². The Morgan fingerprint density at radius 3 is 2.44 bits per heavy atom. The van der Waals surface area contributed by atoms with E-state index in [2.05, 4.69) is 63.2 Å². The molecule has 2 nitrogen and oxygen atoms in total. The second-order valence-electron chi connectivity index (χ2n) is 6.66. The van der Waals surface area contributed by atoms with Crippen molar-refractivity contribution in [2.24, 2.45) is 5.92 Å². The molecule has 0 saturated carbocycles. The van der Waals surface area contributed by atoms with E-state index in [0.29, 0.717) is 0 Å². The van der Waals surface area contributed by atoms with Crippen LogP contribution in [-0.4, -0.2) is 26.7 Å². The normalized spacial score (nSPS) is 16.5. The van der Waals surface area contributed by atoms with Gasteiger partial charge in [0.05, 0.1) is 0 Å². The number of nitrogens with zero attached hydrogens (tertiary/aromatic N) is 1. The number of rotatable bonds is 3. The van der Waals surface area contributed by atoms with Crippen LogP contribution in [0, 0.1) is 12.8 Å². The van der Waals surface area contributed by atoms with Gasteiger partial charge in [0, 0.05) is 38.3 Å². The maximum absolute atomic E-state index is 3.34. The highest BCUT2D eigenvalue weighted by Gasteiger charge is 2.20. The molecule has 2 rings (SSSR count). The topological polar surface area (TPSA) is 15.3 Å². The quantitative estimate of drug-likeness (QED) is 0.882. The van der Waals surface area contributed by atoms with Gasteiger partial charge in [-0.1, -0.05) is 32.9 Å². The molecule has 1 aliphatic heterocycles. The molecule has 0 aliphatic carbocycles. The SMILES string of the molecule is Cc1ccc(C(C)(C)C)cc1N(C)CC1CNC1. The van der Waals surface area contributed by atoms with E-state index in [9.17, 15) is 0 Å². The standard InChI is InChI=1S/C16H26N2/c1-12-6-7-14(16(2,3)4)8-15(12)18(5)11-13-9-17-10-13/h6-8,13,17H,9-11H2,1-5H3. The van der Waals surface area contributed by atoms with E-state index in [1.165, 1.54) is 29.9 Å². The summed E-state index contributed by atoms with van der Waals surface area (Å²) in [6.45, 7) is 12.5. The molecule has 0 bridgehead atoms. The molecule has 2 heteroatoms. The Hall–Kier alpha value is -1.02. The molecular weight excluding hydrogens is 220 g/mol. The number of benzene rings is 1. The molecule has 1 aromatic rings. The van der Waals surface area contributed by atoms with E-state index in [0.717, 1.165) is 12.5 Å². The van der Waals surface area contributed by atoms with E-state index in [4.69, 9.17) is 0 Å². The van der Waals surface area contributed by atoms with Crippen LogP contribution in [0.2, 0.25) is 0 Å². The third kappa shape index (κ3) is 2.86. The molecular formula is C16H26N2. The Morgan fingerprint density at radius 2 is 1.94 bits per heavy atom. The van der Waals surface area contributed by atoms with E-state index >= 15 is 0 Å². The minimum atomic E-state index is 0.224. The van der Waals surface area contributed by atoms with Gasteiger partial charge >= 0.3 is 0 Å². The van der Waals surface area contributed by atoms with Gasteiger partial charge in [-0.25, -0.2) is 0 Å². The van der Waals surface area contributed by atoms with Crippen LogP contribution in [0.25, 0.3) is 0 Å². The maximum atomic E-state index is 3.34. The zero-order valence-electron chi connectivity index (χ0n) is 12.4. The molecule has 0 aromatic heterocycles. The summed E-state index contributed by atoms with van der Waals surface area (Å²) in [5.41, 5.74) is 4.40. The van der Waals surface area contributed by atoms with E-state index in [1.54, 1.807) is 0 Å². The van der Waals surface area contributed by atoms with Crippen LogP contribution in [0.3, 0.4) is 0 Å². The number of nitrogens with one attached hydrogen (secondary N) is 1. The van der Waals surface area contributed by atoms with Crippen molar-refractivity contribution < 1.29 is 0 Å². The van der Waals surface area contributed by atoms with Crippen molar-refractivity contribution in [1.82, 2.24) is 5.32 Å². The monoisotopic (exact) mass is 246 g/mol. The Morgan fingerprint density at radius 1 is 1.28 bits per heavy atom. The Bertz CT molecular complexity index is 414. The highest BCUT2D eigenvalue weighted by atomic mass is 15.1. The first-order valence-corrected chi connectivity index (χ1v) is 6.91. The highest BCUT2D eigenvalue weighted by Crippen LogP contribution is 2.29. The predicted molar refractivity (Wildman–Crippen MR) is 79.5 cm³/mol.